The first-order valence-electron chi connectivity index (χ1n) is 6.24. The highest BCUT2D eigenvalue weighted by molar-refractivity contribution is 6.29. The summed E-state index contributed by atoms with van der Waals surface area (Å²) in [6.07, 6.45) is 0. The lowest BCUT2D eigenvalue weighted by Crippen LogP contribution is -2.16. The Bertz CT molecular complexity index is 588. The van der Waals surface area contributed by atoms with Gasteiger partial charge in [0, 0.05) is 17.2 Å². The van der Waals surface area contributed by atoms with E-state index in [4.69, 9.17) is 11.6 Å². The van der Waals surface area contributed by atoms with E-state index in [0.717, 1.165) is 22.9 Å². The Morgan fingerprint density at radius 2 is 1.79 bits per heavy atom. The maximum Gasteiger partial charge on any atom is 0.137 e. The number of rotatable bonds is 2. The van der Waals surface area contributed by atoms with Crippen LogP contribution in [0.2, 0.25) is 5.15 Å². The molecule has 0 spiro atoms. The Labute approximate surface area is 119 Å². The minimum atomic E-state index is -0.132. The molecule has 0 saturated heterocycles. The topological polar surface area (TPSA) is 37.8 Å². The van der Waals surface area contributed by atoms with Crippen molar-refractivity contribution in [2.24, 2.45) is 0 Å². The number of aromatic nitrogens is 2. The third-order valence-electron chi connectivity index (χ3n) is 2.77. The highest BCUT2D eigenvalue weighted by Gasteiger charge is 2.18. The normalized spacial score (nSPS) is 11.4. The molecule has 0 aliphatic carbocycles. The molecule has 1 heterocycles. The van der Waals surface area contributed by atoms with Crippen molar-refractivity contribution < 1.29 is 0 Å². The number of para-hydroxylation sites is 1. The number of hydrogen-bond donors (Lipinski definition) is 1. The lowest BCUT2D eigenvalue weighted by Gasteiger charge is -2.18. The van der Waals surface area contributed by atoms with Gasteiger partial charge < -0.3 is 5.32 Å². The number of benzene rings is 1. The fourth-order valence-corrected chi connectivity index (χ4v) is 1.85. The quantitative estimate of drug-likeness (QED) is 0.821. The minimum Gasteiger partial charge on any atom is -0.340 e. The van der Waals surface area contributed by atoms with Crippen LogP contribution >= 0.6 is 11.6 Å². The standard InChI is InChI=1S/C15H18ClN3/c1-10-7-5-6-8-11(10)17-13-9-12(16)18-14(19-13)15(2,3)4/h5-9H,1-4H3,(H,17,18,19). The van der Waals surface area contributed by atoms with E-state index in [0.29, 0.717) is 5.15 Å². The van der Waals surface area contributed by atoms with Crippen LogP contribution in [0.5, 0.6) is 0 Å². The van der Waals surface area contributed by atoms with Crippen molar-refractivity contribution in [3.8, 4) is 0 Å². The lowest BCUT2D eigenvalue weighted by molar-refractivity contribution is 0.546. The van der Waals surface area contributed by atoms with Gasteiger partial charge in [0.1, 0.15) is 16.8 Å². The number of anilines is 2. The van der Waals surface area contributed by atoms with E-state index in [9.17, 15) is 0 Å². The maximum absolute atomic E-state index is 6.07. The van der Waals surface area contributed by atoms with Crippen molar-refractivity contribution in [1.82, 2.24) is 9.97 Å². The largest absolute Gasteiger partial charge is 0.340 e. The van der Waals surface area contributed by atoms with Crippen molar-refractivity contribution in [3.63, 3.8) is 0 Å². The van der Waals surface area contributed by atoms with Gasteiger partial charge in [0.2, 0.25) is 0 Å². The van der Waals surface area contributed by atoms with Crippen LogP contribution in [0.15, 0.2) is 30.3 Å². The fraction of sp³-hybridized carbons (Fsp3) is 0.333. The van der Waals surface area contributed by atoms with Crippen molar-refractivity contribution in [2.75, 3.05) is 5.32 Å². The van der Waals surface area contributed by atoms with Crippen LogP contribution in [0.4, 0.5) is 11.5 Å². The number of nitrogens with one attached hydrogen (secondary N) is 1. The molecule has 0 bridgehead atoms. The summed E-state index contributed by atoms with van der Waals surface area (Å²) in [4.78, 5) is 8.82. The van der Waals surface area contributed by atoms with Gasteiger partial charge in [0.05, 0.1) is 0 Å². The van der Waals surface area contributed by atoms with Gasteiger partial charge >= 0.3 is 0 Å². The van der Waals surface area contributed by atoms with Gasteiger partial charge in [-0.1, -0.05) is 50.6 Å². The average Bonchev–Trinajstić information content (AvgIpc) is 2.30. The molecular weight excluding hydrogens is 258 g/mol. The summed E-state index contributed by atoms with van der Waals surface area (Å²) in [7, 11) is 0. The van der Waals surface area contributed by atoms with E-state index in [2.05, 4.69) is 49.0 Å². The second-order valence-corrected chi connectivity index (χ2v) is 5.98. The predicted octanol–water partition coefficient (Wildman–Crippen LogP) is 4.48. The van der Waals surface area contributed by atoms with Gasteiger partial charge in [0.15, 0.2) is 0 Å². The summed E-state index contributed by atoms with van der Waals surface area (Å²) < 4.78 is 0. The van der Waals surface area contributed by atoms with Gasteiger partial charge in [-0.3, -0.25) is 0 Å². The van der Waals surface area contributed by atoms with Crippen LogP contribution in [-0.4, -0.2) is 9.97 Å². The monoisotopic (exact) mass is 275 g/mol. The third-order valence-corrected chi connectivity index (χ3v) is 2.97. The molecule has 2 rings (SSSR count). The zero-order valence-corrected chi connectivity index (χ0v) is 12.4. The molecule has 1 N–H and O–H groups in total. The first kappa shape index (κ1) is 13.8. The maximum atomic E-state index is 6.07. The summed E-state index contributed by atoms with van der Waals surface area (Å²) in [5.41, 5.74) is 2.05. The van der Waals surface area contributed by atoms with Crippen LogP contribution < -0.4 is 5.32 Å². The molecule has 0 saturated carbocycles. The molecule has 0 fully saturated rings. The molecule has 100 valence electrons. The van der Waals surface area contributed by atoms with Gasteiger partial charge in [-0.25, -0.2) is 9.97 Å². The summed E-state index contributed by atoms with van der Waals surface area (Å²) >= 11 is 6.07. The molecule has 0 aliphatic rings. The zero-order valence-electron chi connectivity index (χ0n) is 11.7. The second kappa shape index (κ2) is 5.17. The van der Waals surface area contributed by atoms with Crippen LogP contribution in [-0.2, 0) is 5.41 Å². The van der Waals surface area contributed by atoms with E-state index >= 15 is 0 Å². The van der Waals surface area contributed by atoms with Gasteiger partial charge in [0.25, 0.3) is 0 Å². The van der Waals surface area contributed by atoms with E-state index in [1.807, 2.05) is 18.2 Å². The number of aryl methyl sites for hydroxylation is 1. The summed E-state index contributed by atoms with van der Waals surface area (Å²) in [6.45, 7) is 8.25. The molecular formula is C15H18ClN3. The highest BCUT2D eigenvalue weighted by atomic mass is 35.5. The molecule has 1 aromatic carbocycles. The first-order valence-corrected chi connectivity index (χ1v) is 6.62. The Morgan fingerprint density at radius 3 is 2.42 bits per heavy atom. The van der Waals surface area contributed by atoms with Gasteiger partial charge in [-0.05, 0) is 18.6 Å². The second-order valence-electron chi connectivity index (χ2n) is 5.59. The zero-order chi connectivity index (χ0) is 14.0. The first-order chi connectivity index (χ1) is 8.86. The smallest absolute Gasteiger partial charge is 0.137 e. The number of halogens is 1. The minimum absolute atomic E-state index is 0.132. The molecule has 0 amide bonds. The Kier molecular flexibility index (Phi) is 3.76. The van der Waals surface area contributed by atoms with E-state index in [-0.39, 0.29) is 5.41 Å². The molecule has 0 unspecified atom stereocenters. The lowest BCUT2D eigenvalue weighted by atomic mass is 9.96. The fourth-order valence-electron chi connectivity index (χ4n) is 1.67. The van der Waals surface area contributed by atoms with Crippen molar-refractivity contribution >= 4 is 23.1 Å². The van der Waals surface area contributed by atoms with Crippen LogP contribution in [0.3, 0.4) is 0 Å². The van der Waals surface area contributed by atoms with Gasteiger partial charge in [-0.15, -0.1) is 0 Å². The van der Waals surface area contributed by atoms with E-state index in [1.54, 1.807) is 6.07 Å². The molecule has 0 atom stereocenters. The summed E-state index contributed by atoms with van der Waals surface area (Å²) in [5.74, 6) is 1.45. The van der Waals surface area contributed by atoms with Crippen molar-refractivity contribution in [2.45, 2.75) is 33.1 Å². The Balaban J connectivity index is 2.36. The third kappa shape index (κ3) is 3.44. The molecule has 2 aromatic rings. The number of nitrogens with zero attached hydrogens (tertiary/aromatic N) is 2. The van der Waals surface area contributed by atoms with Crippen molar-refractivity contribution in [3.05, 3.63) is 46.9 Å². The SMILES string of the molecule is Cc1ccccc1Nc1cc(Cl)nc(C(C)(C)C)n1. The molecule has 0 aliphatic heterocycles. The van der Waals surface area contributed by atoms with E-state index in [1.165, 1.54) is 0 Å². The summed E-state index contributed by atoms with van der Waals surface area (Å²) in [6, 6.07) is 9.80. The van der Waals surface area contributed by atoms with Crippen molar-refractivity contribution in [1.29, 1.82) is 0 Å². The molecule has 3 nitrogen and oxygen atoms in total. The molecule has 4 heteroatoms. The number of hydrogen-bond acceptors (Lipinski definition) is 3. The molecule has 0 radical (unpaired) electrons. The Hall–Kier alpha value is -1.61. The van der Waals surface area contributed by atoms with Crippen LogP contribution in [0.1, 0.15) is 32.2 Å². The van der Waals surface area contributed by atoms with E-state index < -0.39 is 0 Å². The highest BCUT2D eigenvalue weighted by Crippen LogP contribution is 2.25. The van der Waals surface area contributed by atoms with Crippen LogP contribution in [0, 0.1) is 6.92 Å². The van der Waals surface area contributed by atoms with Crippen LogP contribution in [0.25, 0.3) is 0 Å². The molecule has 19 heavy (non-hydrogen) atoms. The Morgan fingerprint density at radius 1 is 1.11 bits per heavy atom. The predicted molar refractivity (Wildman–Crippen MR) is 80.2 cm³/mol. The summed E-state index contributed by atoms with van der Waals surface area (Å²) in [5, 5.41) is 3.74. The van der Waals surface area contributed by atoms with Gasteiger partial charge in [-0.2, -0.15) is 0 Å². The average molecular weight is 276 g/mol. The molecule has 1 aromatic heterocycles.